The van der Waals surface area contributed by atoms with Crippen molar-refractivity contribution in [1.29, 1.82) is 0 Å². The smallest absolute Gasteiger partial charge is 0.332 e. The van der Waals surface area contributed by atoms with Gasteiger partial charge in [0.15, 0.2) is 11.2 Å². The molecule has 0 bridgehead atoms. The predicted molar refractivity (Wildman–Crippen MR) is 58.6 cm³/mol. The van der Waals surface area contributed by atoms with Crippen LogP contribution >= 0.6 is 0 Å². The number of hydrogen-bond donors (Lipinski definition) is 1. The summed E-state index contributed by atoms with van der Waals surface area (Å²) in [5.74, 6) is 0. The Labute approximate surface area is 95.1 Å². The molecule has 1 saturated heterocycles. The van der Waals surface area contributed by atoms with Crippen molar-refractivity contribution in [2.45, 2.75) is 19.1 Å². The molecule has 7 nitrogen and oxygen atoms in total. The van der Waals surface area contributed by atoms with Crippen molar-refractivity contribution >= 4 is 11.2 Å². The van der Waals surface area contributed by atoms with Gasteiger partial charge < -0.3 is 4.74 Å². The minimum Gasteiger partial charge on any atom is -0.358 e. The van der Waals surface area contributed by atoms with Crippen LogP contribution < -0.4 is 11.2 Å². The maximum Gasteiger partial charge on any atom is 0.332 e. The van der Waals surface area contributed by atoms with Gasteiger partial charge in [-0.25, -0.2) is 19.3 Å². The summed E-state index contributed by atoms with van der Waals surface area (Å²) in [6.07, 6.45) is 4.13. The van der Waals surface area contributed by atoms with Crippen molar-refractivity contribution < 1.29 is 4.74 Å². The van der Waals surface area contributed by atoms with Crippen molar-refractivity contribution in [3.05, 3.63) is 33.2 Å². The highest BCUT2D eigenvalue weighted by Crippen LogP contribution is 2.22. The van der Waals surface area contributed by atoms with E-state index in [0.717, 1.165) is 12.8 Å². The van der Waals surface area contributed by atoms with Gasteiger partial charge in [0.05, 0.1) is 0 Å². The van der Waals surface area contributed by atoms with E-state index in [9.17, 15) is 9.59 Å². The van der Waals surface area contributed by atoms with Crippen LogP contribution in [0.3, 0.4) is 0 Å². The summed E-state index contributed by atoms with van der Waals surface area (Å²) in [4.78, 5) is 33.6. The number of ether oxygens (including phenoxy) is 1. The Morgan fingerprint density at radius 2 is 2.18 bits per heavy atom. The van der Waals surface area contributed by atoms with E-state index in [0.29, 0.717) is 6.61 Å². The minimum atomic E-state index is -0.521. The zero-order chi connectivity index (χ0) is 11.8. The summed E-state index contributed by atoms with van der Waals surface area (Å²) in [6.45, 7) is 0.609. The van der Waals surface area contributed by atoms with Crippen LogP contribution in [0.1, 0.15) is 19.1 Å². The third kappa shape index (κ3) is 1.55. The Morgan fingerprint density at radius 3 is 2.94 bits per heavy atom. The largest absolute Gasteiger partial charge is 0.358 e. The molecule has 2 aromatic heterocycles. The predicted octanol–water partition coefficient (Wildman–Crippen LogP) is -0.211. The number of rotatable bonds is 1. The number of nitrogens with zero attached hydrogens (tertiary/aromatic N) is 3. The van der Waals surface area contributed by atoms with Crippen LogP contribution in [0.5, 0.6) is 0 Å². The van der Waals surface area contributed by atoms with Gasteiger partial charge in [-0.15, -0.1) is 0 Å². The van der Waals surface area contributed by atoms with Gasteiger partial charge in [0, 0.05) is 19.0 Å². The first-order chi connectivity index (χ1) is 8.27. The monoisotopic (exact) mass is 234 g/mol. The number of aromatic nitrogens is 4. The number of aromatic amines is 1. The molecule has 0 spiro atoms. The van der Waals surface area contributed by atoms with Crippen molar-refractivity contribution in [3.63, 3.8) is 0 Å². The van der Waals surface area contributed by atoms with Crippen molar-refractivity contribution in [3.8, 4) is 0 Å². The fourth-order valence-electron chi connectivity index (χ4n) is 2.01. The summed E-state index contributed by atoms with van der Waals surface area (Å²) in [5, 5.41) is 0. The fourth-order valence-corrected chi connectivity index (χ4v) is 2.01. The first kappa shape index (κ1) is 10.2. The molecule has 3 heterocycles. The van der Waals surface area contributed by atoms with Crippen LogP contribution in [0.25, 0.3) is 11.2 Å². The van der Waals surface area contributed by atoms with Gasteiger partial charge in [0.25, 0.3) is 5.56 Å². The number of H-pyrrole nitrogens is 1. The lowest BCUT2D eigenvalue weighted by Gasteiger charge is -2.13. The number of fused-ring (bicyclic) bond motifs is 1. The average Bonchev–Trinajstić information content (AvgIpc) is 2.83. The second-order valence-electron chi connectivity index (χ2n) is 3.83. The van der Waals surface area contributed by atoms with E-state index < -0.39 is 11.2 Å². The standard InChI is InChI=1S/C10H10N4O3/c15-9-7-8(12-4-3-11-7)14(10(16)13-9)6-2-1-5-17-6/h3-4,6H,1-2,5H2,(H,13,15,16). The minimum absolute atomic E-state index is 0.155. The summed E-state index contributed by atoms with van der Waals surface area (Å²) in [6, 6.07) is 0. The molecule has 0 saturated carbocycles. The molecule has 1 aliphatic heterocycles. The van der Waals surface area contributed by atoms with E-state index >= 15 is 0 Å². The second-order valence-corrected chi connectivity index (χ2v) is 3.83. The summed E-state index contributed by atoms with van der Waals surface area (Å²) in [5.41, 5.74) is -0.599. The van der Waals surface area contributed by atoms with E-state index in [1.807, 2.05) is 0 Å². The maximum atomic E-state index is 11.8. The maximum absolute atomic E-state index is 11.8. The molecule has 2 aromatic rings. The third-order valence-electron chi connectivity index (χ3n) is 2.76. The van der Waals surface area contributed by atoms with Gasteiger partial charge in [-0.3, -0.25) is 9.78 Å². The molecule has 1 aliphatic rings. The van der Waals surface area contributed by atoms with E-state index in [2.05, 4.69) is 15.0 Å². The van der Waals surface area contributed by atoms with Crippen LogP contribution in [-0.4, -0.2) is 26.1 Å². The van der Waals surface area contributed by atoms with E-state index in [1.165, 1.54) is 17.0 Å². The molecule has 0 aromatic carbocycles. The summed E-state index contributed by atoms with van der Waals surface area (Å²) >= 11 is 0. The van der Waals surface area contributed by atoms with Crippen LogP contribution in [-0.2, 0) is 4.74 Å². The molecule has 1 atom stereocenters. The third-order valence-corrected chi connectivity index (χ3v) is 2.76. The highest BCUT2D eigenvalue weighted by Gasteiger charge is 2.22. The normalized spacial score (nSPS) is 19.9. The molecule has 0 radical (unpaired) electrons. The lowest BCUT2D eigenvalue weighted by Crippen LogP contribution is -2.33. The Balaban J connectivity index is 2.36. The second kappa shape index (κ2) is 3.77. The first-order valence-corrected chi connectivity index (χ1v) is 5.34. The first-order valence-electron chi connectivity index (χ1n) is 5.34. The van der Waals surface area contributed by atoms with Crippen molar-refractivity contribution in [1.82, 2.24) is 19.5 Å². The van der Waals surface area contributed by atoms with E-state index in [4.69, 9.17) is 4.74 Å². The van der Waals surface area contributed by atoms with Gasteiger partial charge in [0.2, 0.25) is 0 Å². The Bertz CT molecular complexity index is 669. The van der Waals surface area contributed by atoms with Gasteiger partial charge in [-0.05, 0) is 12.8 Å². The highest BCUT2D eigenvalue weighted by molar-refractivity contribution is 5.67. The Hall–Kier alpha value is -2.02. The molecule has 3 rings (SSSR count). The van der Waals surface area contributed by atoms with Crippen LogP contribution in [0.4, 0.5) is 0 Å². The Morgan fingerprint density at radius 1 is 1.35 bits per heavy atom. The topological polar surface area (TPSA) is 89.9 Å². The molecule has 0 amide bonds. The van der Waals surface area contributed by atoms with Gasteiger partial charge in [-0.1, -0.05) is 0 Å². The quantitative estimate of drug-likeness (QED) is 0.737. The molecule has 0 aliphatic carbocycles. The fraction of sp³-hybridized carbons (Fsp3) is 0.400. The summed E-state index contributed by atoms with van der Waals surface area (Å²) < 4.78 is 6.80. The zero-order valence-electron chi connectivity index (χ0n) is 8.92. The molecule has 1 fully saturated rings. The van der Waals surface area contributed by atoms with Crippen LogP contribution in [0.2, 0.25) is 0 Å². The average molecular weight is 234 g/mol. The van der Waals surface area contributed by atoms with Crippen LogP contribution in [0.15, 0.2) is 22.0 Å². The van der Waals surface area contributed by atoms with Crippen molar-refractivity contribution in [2.75, 3.05) is 6.61 Å². The molecule has 1 N–H and O–H groups in total. The molecular weight excluding hydrogens is 224 g/mol. The molecule has 88 valence electrons. The van der Waals surface area contributed by atoms with Gasteiger partial charge >= 0.3 is 5.69 Å². The zero-order valence-corrected chi connectivity index (χ0v) is 8.92. The number of hydrogen-bond acceptors (Lipinski definition) is 5. The van der Waals surface area contributed by atoms with Crippen LogP contribution in [0, 0.1) is 0 Å². The van der Waals surface area contributed by atoms with Gasteiger partial charge in [-0.2, -0.15) is 0 Å². The number of nitrogens with one attached hydrogen (secondary N) is 1. The highest BCUT2D eigenvalue weighted by atomic mass is 16.5. The van der Waals surface area contributed by atoms with E-state index in [1.54, 1.807) is 0 Å². The molecular formula is C10H10N4O3. The SMILES string of the molecule is O=c1[nH]c(=O)n(C2CCCO2)c2nccnc12. The molecule has 1 unspecified atom stereocenters. The summed E-state index contributed by atoms with van der Waals surface area (Å²) in [7, 11) is 0. The lowest BCUT2D eigenvalue weighted by molar-refractivity contribution is 0.0558. The van der Waals surface area contributed by atoms with E-state index in [-0.39, 0.29) is 17.4 Å². The molecule has 7 heteroatoms. The molecule has 17 heavy (non-hydrogen) atoms. The Kier molecular flexibility index (Phi) is 2.25. The van der Waals surface area contributed by atoms with Crippen molar-refractivity contribution in [2.24, 2.45) is 0 Å². The van der Waals surface area contributed by atoms with Gasteiger partial charge in [0.1, 0.15) is 6.23 Å². The lowest BCUT2D eigenvalue weighted by atomic mass is 10.3.